The summed E-state index contributed by atoms with van der Waals surface area (Å²) in [4.78, 5) is 3.66. The van der Waals surface area contributed by atoms with E-state index in [-0.39, 0.29) is 0 Å². The molecule has 0 saturated carbocycles. The summed E-state index contributed by atoms with van der Waals surface area (Å²) in [5, 5.41) is 7.44. The van der Waals surface area contributed by atoms with Crippen molar-refractivity contribution in [1.82, 2.24) is 15.2 Å². The Morgan fingerprint density at radius 1 is 1.00 bits per heavy atom. The number of aromatic nitrogens is 3. The van der Waals surface area contributed by atoms with Crippen LogP contribution in [0.25, 0.3) is 11.4 Å². The number of anilines is 1. The van der Waals surface area contributed by atoms with Crippen LogP contribution in [0.4, 0.5) is 10.2 Å². The molecule has 2 heterocycles. The van der Waals surface area contributed by atoms with E-state index >= 15 is 0 Å². The van der Waals surface area contributed by atoms with Crippen molar-refractivity contribution in [3.63, 3.8) is 0 Å². The van der Waals surface area contributed by atoms with E-state index in [0.717, 1.165) is 0 Å². The van der Waals surface area contributed by atoms with Crippen LogP contribution >= 0.6 is 0 Å². The molecule has 0 fully saturated rings. The smallest absolute Gasteiger partial charge is 0.213 e. The van der Waals surface area contributed by atoms with Crippen LogP contribution in [0.5, 0.6) is 0 Å². The lowest BCUT2D eigenvalue weighted by Gasteiger charge is -1.98. The van der Waals surface area contributed by atoms with Gasteiger partial charge in [0.05, 0.1) is 5.69 Å². The van der Waals surface area contributed by atoms with Gasteiger partial charge in [-0.2, -0.15) is 4.39 Å². The minimum Gasteiger partial charge on any atom is -0.382 e. The van der Waals surface area contributed by atoms with Crippen LogP contribution in [0.1, 0.15) is 0 Å². The molecular formula is C9H7FN4. The summed E-state index contributed by atoms with van der Waals surface area (Å²) in [6.07, 6.45) is 0. The summed E-state index contributed by atoms with van der Waals surface area (Å²) in [7, 11) is 0. The molecule has 0 aliphatic rings. The Bertz CT molecular complexity index is 441. The highest BCUT2D eigenvalue weighted by atomic mass is 19.1. The van der Waals surface area contributed by atoms with Crippen LogP contribution < -0.4 is 5.73 Å². The summed E-state index contributed by atoms with van der Waals surface area (Å²) in [5.41, 5.74) is 6.31. The summed E-state index contributed by atoms with van der Waals surface area (Å²) < 4.78 is 12.7. The van der Waals surface area contributed by atoms with E-state index < -0.39 is 5.95 Å². The molecule has 0 atom stereocenters. The Hall–Kier alpha value is -2.04. The number of pyridine rings is 1. The highest BCUT2D eigenvalue weighted by Gasteiger charge is 2.02. The maximum atomic E-state index is 12.7. The van der Waals surface area contributed by atoms with Crippen molar-refractivity contribution >= 4 is 5.82 Å². The summed E-state index contributed by atoms with van der Waals surface area (Å²) in [6.45, 7) is 0. The van der Waals surface area contributed by atoms with E-state index in [9.17, 15) is 4.39 Å². The fourth-order valence-corrected chi connectivity index (χ4v) is 1.03. The highest BCUT2D eigenvalue weighted by molar-refractivity contribution is 5.53. The molecule has 0 aliphatic carbocycles. The van der Waals surface area contributed by atoms with Crippen molar-refractivity contribution in [3.05, 3.63) is 36.3 Å². The van der Waals surface area contributed by atoms with Crippen molar-refractivity contribution in [3.8, 4) is 11.4 Å². The molecule has 0 aliphatic heterocycles. The average molecular weight is 190 g/mol. The number of halogens is 1. The Balaban J connectivity index is 2.44. The Morgan fingerprint density at radius 3 is 2.50 bits per heavy atom. The molecule has 0 spiro atoms. The SMILES string of the molecule is Nc1ccc(-c2cccc(F)n2)nn1. The lowest BCUT2D eigenvalue weighted by atomic mass is 10.2. The van der Waals surface area contributed by atoms with Crippen molar-refractivity contribution in [2.24, 2.45) is 0 Å². The van der Waals surface area contributed by atoms with Gasteiger partial charge in [-0.25, -0.2) is 4.98 Å². The third kappa shape index (κ3) is 1.66. The van der Waals surface area contributed by atoms with Gasteiger partial charge in [0.2, 0.25) is 5.95 Å². The molecule has 0 amide bonds. The van der Waals surface area contributed by atoms with Crippen LogP contribution in [-0.2, 0) is 0 Å². The van der Waals surface area contributed by atoms with Gasteiger partial charge in [-0.1, -0.05) is 6.07 Å². The first-order chi connectivity index (χ1) is 6.75. The molecule has 4 nitrogen and oxygen atoms in total. The first-order valence-corrected chi connectivity index (χ1v) is 3.98. The van der Waals surface area contributed by atoms with Crippen molar-refractivity contribution in [2.45, 2.75) is 0 Å². The van der Waals surface area contributed by atoms with Crippen molar-refractivity contribution in [2.75, 3.05) is 5.73 Å². The van der Waals surface area contributed by atoms with Gasteiger partial charge < -0.3 is 5.73 Å². The zero-order chi connectivity index (χ0) is 9.97. The second-order valence-electron chi connectivity index (χ2n) is 2.69. The Labute approximate surface area is 79.6 Å². The van der Waals surface area contributed by atoms with E-state index in [4.69, 9.17) is 5.73 Å². The van der Waals surface area contributed by atoms with Gasteiger partial charge >= 0.3 is 0 Å². The van der Waals surface area contributed by atoms with Crippen LogP contribution in [0.3, 0.4) is 0 Å². The third-order valence-electron chi connectivity index (χ3n) is 1.66. The zero-order valence-corrected chi connectivity index (χ0v) is 7.18. The van der Waals surface area contributed by atoms with E-state index in [2.05, 4.69) is 15.2 Å². The highest BCUT2D eigenvalue weighted by Crippen LogP contribution is 2.13. The normalized spacial score (nSPS) is 10.1. The summed E-state index contributed by atoms with van der Waals surface area (Å²) in [6, 6.07) is 7.73. The molecule has 0 aromatic carbocycles. The van der Waals surface area contributed by atoms with E-state index in [1.54, 1.807) is 24.3 Å². The number of nitrogens with two attached hydrogens (primary N) is 1. The predicted octanol–water partition coefficient (Wildman–Crippen LogP) is 1.26. The molecule has 2 rings (SSSR count). The number of hydrogen-bond donors (Lipinski definition) is 1. The van der Waals surface area contributed by atoms with Crippen molar-refractivity contribution < 1.29 is 4.39 Å². The molecule has 14 heavy (non-hydrogen) atoms. The molecular weight excluding hydrogens is 183 g/mol. The van der Waals surface area contributed by atoms with Crippen LogP contribution in [0.15, 0.2) is 30.3 Å². The molecule has 0 saturated heterocycles. The largest absolute Gasteiger partial charge is 0.382 e. The minimum atomic E-state index is -0.541. The summed E-state index contributed by atoms with van der Waals surface area (Å²) in [5.74, 6) is -0.216. The molecule has 2 aromatic rings. The minimum absolute atomic E-state index is 0.324. The lowest BCUT2D eigenvalue weighted by molar-refractivity contribution is 0.585. The topological polar surface area (TPSA) is 64.7 Å². The first kappa shape index (κ1) is 8.55. The van der Waals surface area contributed by atoms with Gasteiger partial charge in [0.25, 0.3) is 0 Å². The van der Waals surface area contributed by atoms with Crippen LogP contribution in [0, 0.1) is 5.95 Å². The molecule has 0 bridgehead atoms. The zero-order valence-electron chi connectivity index (χ0n) is 7.18. The molecule has 2 N–H and O–H groups in total. The number of rotatable bonds is 1. The van der Waals surface area contributed by atoms with Gasteiger partial charge in [-0.05, 0) is 24.3 Å². The predicted molar refractivity (Wildman–Crippen MR) is 49.6 cm³/mol. The third-order valence-corrected chi connectivity index (χ3v) is 1.66. The first-order valence-electron chi connectivity index (χ1n) is 3.98. The van der Waals surface area contributed by atoms with Gasteiger partial charge in [-0.15, -0.1) is 10.2 Å². The van der Waals surface area contributed by atoms with Gasteiger partial charge in [0.15, 0.2) is 0 Å². The second kappa shape index (κ2) is 3.37. The fourth-order valence-electron chi connectivity index (χ4n) is 1.03. The molecule has 5 heteroatoms. The van der Waals surface area contributed by atoms with E-state index in [0.29, 0.717) is 17.2 Å². The second-order valence-corrected chi connectivity index (χ2v) is 2.69. The number of hydrogen-bond acceptors (Lipinski definition) is 4. The molecule has 2 aromatic heterocycles. The van der Waals surface area contributed by atoms with Crippen molar-refractivity contribution in [1.29, 1.82) is 0 Å². The van der Waals surface area contributed by atoms with E-state index in [1.165, 1.54) is 6.07 Å². The maximum Gasteiger partial charge on any atom is 0.213 e. The number of nitrogen functional groups attached to an aromatic ring is 1. The fraction of sp³-hybridized carbons (Fsp3) is 0. The summed E-state index contributed by atoms with van der Waals surface area (Å²) >= 11 is 0. The Kier molecular flexibility index (Phi) is 2.06. The average Bonchev–Trinajstić information content (AvgIpc) is 2.19. The lowest BCUT2D eigenvalue weighted by Crippen LogP contribution is -1.95. The molecule has 0 unspecified atom stereocenters. The van der Waals surface area contributed by atoms with Gasteiger partial charge in [0, 0.05) is 0 Å². The Morgan fingerprint density at radius 2 is 1.86 bits per heavy atom. The maximum absolute atomic E-state index is 12.7. The monoisotopic (exact) mass is 190 g/mol. The molecule has 0 radical (unpaired) electrons. The number of nitrogens with zero attached hydrogens (tertiary/aromatic N) is 3. The molecule has 70 valence electrons. The van der Waals surface area contributed by atoms with Crippen LogP contribution in [0.2, 0.25) is 0 Å². The van der Waals surface area contributed by atoms with Gasteiger partial charge in [-0.3, -0.25) is 0 Å². The van der Waals surface area contributed by atoms with E-state index in [1.807, 2.05) is 0 Å². The standard InChI is InChI=1S/C9H7FN4/c10-8-3-1-2-6(12-8)7-4-5-9(11)14-13-7/h1-5H,(H2,11,14). The van der Waals surface area contributed by atoms with Gasteiger partial charge in [0.1, 0.15) is 11.5 Å². The van der Waals surface area contributed by atoms with Crippen LogP contribution in [-0.4, -0.2) is 15.2 Å². The quantitative estimate of drug-likeness (QED) is 0.687.